The number of anilines is 1. The molecule has 10 nitrogen and oxygen atoms in total. The smallest absolute Gasteiger partial charge is 0.390 e. The second kappa shape index (κ2) is 16.2. The molecule has 3 aliphatic heterocycles. The number of nitrogens with zero attached hydrogens (tertiary/aromatic N) is 7. The van der Waals surface area contributed by atoms with E-state index in [0.717, 1.165) is 48.9 Å². The molecular weight excluding hydrogens is 668 g/mol. The van der Waals surface area contributed by atoms with Crippen molar-refractivity contribution in [2.45, 2.75) is 55.9 Å². The lowest BCUT2D eigenvalue weighted by molar-refractivity contribution is -0.139. The molecule has 2 fully saturated rings. The van der Waals surface area contributed by atoms with Gasteiger partial charge in [0.2, 0.25) is 5.91 Å². The van der Waals surface area contributed by atoms with E-state index in [1.54, 1.807) is 10.7 Å². The number of piperazine rings is 1. The maximum atomic E-state index is 14.1. The molecule has 3 aromatic rings. The normalized spacial score (nSPS) is 18.2. The van der Waals surface area contributed by atoms with Crippen LogP contribution in [-0.2, 0) is 30.5 Å². The van der Waals surface area contributed by atoms with E-state index >= 15 is 0 Å². The van der Waals surface area contributed by atoms with Crippen LogP contribution in [0.15, 0.2) is 47.4 Å². The Bertz CT molecular complexity index is 1680. The van der Waals surface area contributed by atoms with Crippen LogP contribution in [0.3, 0.4) is 0 Å². The minimum atomic E-state index is -4.51. The molecule has 0 saturated carbocycles. The molecule has 1 aromatic heterocycles. The lowest BCUT2D eigenvalue weighted by atomic mass is 9.99. The number of aromatic nitrogens is 2. The van der Waals surface area contributed by atoms with Crippen molar-refractivity contribution in [3.8, 4) is 17.3 Å². The Morgan fingerprint density at radius 2 is 1.74 bits per heavy atom. The number of hydrogen-bond acceptors (Lipinski definition) is 9. The number of β-amino-alcohol motifs (C(OH)–C–C–N with tert-alkyl or cyclic N) is 1. The van der Waals surface area contributed by atoms with Crippen molar-refractivity contribution in [1.29, 1.82) is 5.26 Å². The van der Waals surface area contributed by atoms with E-state index < -0.39 is 30.4 Å². The number of alkyl halides is 3. The van der Waals surface area contributed by atoms with Crippen molar-refractivity contribution in [3.63, 3.8) is 0 Å². The van der Waals surface area contributed by atoms with Gasteiger partial charge in [-0.3, -0.25) is 14.4 Å². The molecule has 1 amide bonds. The van der Waals surface area contributed by atoms with Crippen molar-refractivity contribution < 1.29 is 28.2 Å². The van der Waals surface area contributed by atoms with E-state index in [2.05, 4.69) is 20.8 Å². The number of carbonyl (C=O) groups excluding carboxylic acids is 1. The number of amides is 1. The highest BCUT2D eigenvalue weighted by Gasteiger charge is 2.35. The molecule has 50 heavy (non-hydrogen) atoms. The van der Waals surface area contributed by atoms with E-state index in [9.17, 15) is 33.4 Å². The molecular formula is C36H44F3N7O3S. The van der Waals surface area contributed by atoms with Gasteiger partial charge in [0, 0.05) is 86.2 Å². The number of rotatable bonds is 11. The lowest BCUT2D eigenvalue weighted by Crippen LogP contribution is -2.49. The Morgan fingerprint density at radius 1 is 0.980 bits per heavy atom. The summed E-state index contributed by atoms with van der Waals surface area (Å²) in [4.78, 5) is 20.8. The zero-order chi connectivity index (χ0) is 35.3. The SMILES string of the molecule is N#Cc1ccccc1N1CCN(CC(O)Cn2nc(-c3ccc(C(F)(F)F)c(SCCN4CCCCC4)c3)c3c2CCN(C(=O)CO)C3)CC1. The summed E-state index contributed by atoms with van der Waals surface area (Å²) in [7, 11) is 0. The summed E-state index contributed by atoms with van der Waals surface area (Å²) in [5, 5.41) is 35.2. The van der Waals surface area contributed by atoms with Gasteiger partial charge in [-0.1, -0.05) is 24.6 Å². The third-order valence-electron chi connectivity index (χ3n) is 9.89. The fraction of sp³-hybridized carbons (Fsp3) is 0.528. The van der Waals surface area contributed by atoms with Crippen molar-refractivity contribution in [2.24, 2.45) is 0 Å². The monoisotopic (exact) mass is 711 g/mol. The first-order valence-electron chi connectivity index (χ1n) is 17.3. The summed E-state index contributed by atoms with van der Waals surface area (Å²) in [6.07, 6.45) is -1.42. The third kappa shape index (κ3) is 8.46. The molecule has 0 radical (unpaired) electrons. The summed E-state index contributed by atoms with van der Waals surface area (Å²) in [6, 6.07) is 13.9. The lowest BCUT2D eigenvalue weighted by Gasteiger charge is -2.37. The van der Waals surface area contributed by atoms with E-state index in [4.69, 9.17) is 5.10 Å². The zero-order valence-electron chi connectivity index (χ0n) is 28.1. The number of carbonyl (C=O) groups is 1. The van der Waals surface area contributed by atoms with E-state index in [0.29, 0.717) is 74.8 Å². The van der Waals surface area contributed by atoms with Gasteiger partial charge in [-0.25, -0.2) is 0 Å². The molecule has 2 aromatic carbocycles. The van der Waals surface area contributed by atoms with Gasteiger partial charge in [-0.15, -0.1) is 11.8 Å². The Kier molecular flexibility index (Phi) is 11.7. The van der Waals surface area contributed by atoms with Crippen LogP contribution in [0.1, 0.15) is 41.6 Å². The first kappa shape index (κ1) is 36.2. The van der Waals surface area contributed by atoms with Crippen molar-refractivity contribution >= 4 is 23.4 Å². The van der Waals surface area contributed by atoms with Gasteiger partial charge >= 0.3 is 6.18 Å². The van der Waals surface area contributed by atoms with Crippen LogP contribution in [0, 0.1) is 11.3 Å². The quantitative estimate of drug-likeness (QED) is 0.285. The number of nitriles is 1. The molecule has 3 aliphatic rings. The molecule has 1 unspecified atom stereocenters. The summed E-state index contributed by atoms with van der Waals surface area (Å²) in [6.45, 7) is 6.01. The van der Waals surface area contributed by atoms with Crippen molar-refractivity contribution in [2.75, 3.05) is 76.2 Å². The van der Waals surface area contributed by atoms with E-state index in [1.165, 1.54) is 29.1 Å². The number of para-hydroxylation sites is 1. The number of piperidine rings is 1. The van der Waals surface area contributed by atoms with Crippen molar-refractivity contribution in [3.05, 3.63) is 64.8 Å². The second-order valence-corrected chi connectivity index (χ2v) is 14.3. The molecule has 0 aliphatic carbocycles. The third-order valence-corrected chi connectivity index (χ3v) is 10.9. The van der Waals surface area contributed by atoms with Gasteiger partial charge in [0.05, 0.1) is 35.2 Å². The number of likely N-dealkylation sites (tertiary alicyclic amines) is 1. The van der Waals surface area contributed by atoms with Crippen LogP contribution in [0.4, 0.5) is 18.9 Å². The number of halogens is 3. The van der Waals surface area contributed by atoms with Gasteiger partial charge < -0.3 is 24.9 Å². The van der Waals surface area contributed by atoms with Gasteiger partial charge in [0.1, 0.15) is 12.7 Å². The fourth-order valence-electron chi connectivity index (χ4n) is 7.25. The Labute approximate surface area is 295 Å². The highest BCUT2D eigenvalue weighted by molar-refractivity contribution is 7.99. The summed E-state index contributed by atoms with van der Waals surface area (Å²) >= 11 is 1.20. The number of aliphatic hydroxyl groups is 2. The Morgan fingerprint density at radius 3 is 2.46 bits per heavy atom. The minimum absolute atomic E-state index is 0.144. The van der Waals surface area contributed by atoms with E-state index in [-0.39, 0.29) is 18.0 Å². The molecule has 14 heteroatoms. The number of hydrogen-bond donors (Lipinski definition) is 2. The number of fused-ring (bicyclic) bond motifs is 1. The Balaban J connectivity index is 1.20. The van der Waals surface area contributed by atoms with Crippen LogP contribution >= 0.6 is 11.8 Å². The van der Waals surface area contributed by atoms with Gasteiger partial charge in [-0.2, -0.15) is 23.5 Å². The molecule has 1 atom stereocenters. The average Bonchev–Trinajstić information content (AvgIpc) is 3.48. The van der Waals surface area contributed by atoms with E-state index in [1.807, 2.05) is 24.3 Å². The summed E-state index contributed by atoms with van der Waals surface area (Å²) in [5.41, 5.74) is 3.43. The first-order chi connectivity index (χ1) is 24.1. The molecule has 2 saturated heterocycles. The molecule has 0 spiro atoms. The second-order valence-electron chi connectivity index (χ2n) is 13.2. The van der Waals surface area contributed by atoms with Gasteiger partial charge in [0.25, 0.3) is 0 Å². The highest BCUT2D eigenvalue weighted by atomic mass is 32.2. The Hall–Kier alpha value is -3.61. The maximum absolute atomic E-state index is 14.1. The van der Waals surface area contributed by atoms with Crippen LogP contribution in [-0.4, -0.2) is 118 Å². The zero-order valence-corrected chi connectivity index (χ0v) is 28.9. The molecule has 4 heterocycles. The van der Waals surface area contributed by atoms with Crippen LogP contribution in [0.5, 0.6) is 0 Å². The molecule has 0 bridgehead atoms. The van der Waals surface area contributed by atoms with Gasteiger partial charge in [-0.05, 0) is 50.2 Å². The van der Waals surface area contributed by atoms with Gasteiger partial charge in [0.15, 0.2) is 0 Å². The maximum Gasteiger partial charge on any atom is 0.417 e. The number of aliphatic hydroxyl groups excluding tert-OH is 2. The number of benzene rings is 2. The predicted molar refractivity (Wildman–Crippen MR) is 186 cm³/mol. The molecule has 6 rings (SSSR count). The standard InChI is InChI=1S/C36H44F3N7O3S/c37-36(38,39)30-9-8-26(20-33(30)50-19-18-42-11-4-1-5-12-42)35-29-24-45(34(49)25-47)13-10-32(29)46(41-35)23-28(48)22-43-14-16-44(17-15-43)31-7-3-2-6-27(31)21-40/h2-3,6-9,20,28,47-48H,1,4-5,10-19,22-25H2. The summed E-state index contributed by atoms with van der Waals surface area (Å²) in [5.74, 6) is 0.107. The van der Waals surface area contributed by atoms with Crippen LogP contribution in [0.25, 0.3) is 11.3 Å². The number of thioether (sulfide) groups is 1. The minimum Gasteiger partial charge on any atom is -0.390 e. The van der Waals surface area contributed by atoms with Crippen molar-refractivity contribution in [1.82, 2.24) is 24.5 Å². The predicted octanol–water partition coefficient (Wildman–Crippen LogP) is 4.08. The molecule has 268 valence electrons. The van der Waals surface area contributed by atoms with Crippen LogP contribution < -0.4 is 4.90 Å². The topological polar surface area (TPSA) is 112 Å². The molecule has 2 N–H and O–H groups in total. The summed E-state index contributed by atoms with van der Waals surface area (Å²) < 4.78 is 44.2. The largest absolute Gasteiger partial charge is 0.417 e. The highest BCUT2D eigenvalue weighted by Crippen LogP contribution is 2.40. The average molecular weight is 712 g/mol. The van der Waals surface area contributed by atoms with Crippen LogP contribution in [0.2, 0.25) is 0 Å². The first-order valence-corrected chi connectivity index (χ1v) is 18.3. The fourth-order valence-corrected chi connectivity index (χ4v) is 8.37.